The third-order valence-electron chi connectivity index (χ3n) is 8.62. The molecule has 3 aromatic rings. The van der Waals surface area contributed by atoms with Crippen LogP contribution in [0.15, 0.2) is 58.8 Å². The minimum atomic E-state index is -4.28. The molecule has 2 aromatic carbocycles. The number of amides is 5. The van der Waals surface area contributed by atoms with Gasteiger partial charge in [-0.3, -0.25) is 4.79 Å². The molecule has 14 nitrogen and oxygen atoms in total. The Hall–Kier alpha value is -4.25. The molecule has 1 aliphatic heterocycles. The summed E-state index contributed by atoms with van der Waals surface area (Å²) in [7, 11) is -4.28. The maximum atomic E-state index is 14.1. The Labute approximate surface area is 310 Å². The van der Waals surface area contributed by atoms with Gasteiger partial charge in [-0.2, -0.15) is 4.31 Å². The van der Waals surface area contributed by atoms with Crippen LogP contribution in [-0.2, 0) is 27.8 Å². The number of rotatable bonds is 17. The predicted molar refractivity (Wildman–Crippen MR) is 200 cm³/mol. The second-order valence-electron chi connectivity index (χ2n) is 13.7. The number of phenols is 1. The summed E-state index contributed by atoms with van der Waals surface area (Å²) in [6.07, 6.45) is -1.17. The van der Waals surface area contributed by atoms with E-state index < -0.39 is 40.1 Å². The molecule has 5 amide bonds. The van der Waals surface area contributed by atoms with Crippen LogP contribution in [0, 0.1) is 18.8 Å². The van der Waals surface area contributed by atoms with Crippen LogP contribution in [0.25, 0.3) is 0 Å². The number of aliphatic hydroxyl groups is 1. The minimum Gasteiger partial charge on any atom is -0.506 e. The van der Waals surface area contributed by atoms with Crippen LogP contribution in [-0.4, -0.2) is 107 Å². The lowest BCUT2D eigenvalue weighted by Crippen LogP contribution is -2.57. The molecule has 0 spiro atoms. The topological polar surface area (TPSA) is 185 Å². The van der Waals surface area contributed by atoms with Crippen LogP contribution in [0.1, 0.15) is 50.9 Å². The number of hydrogen-bond donors (Lipinski definition) is 5. The number of carbonyl (C=O) groups excluding carboxylic acids is 3. The van der Waals surface area contributed by atoms with E-state index >= 15 is 0 Å². The Bertz CT molecular complexity index is 1790. The average molecular weight is 758 g/mol. The lowest BCUT2D eigenvalue weighted by molar-refractivity contribution is -0.128. The van der Waals surface area contributed by atoms with Crippen LogP contribution in [0.4, 0.5) is 15.3 Å². The highest BCUT2D eigenvalue weighted by Crippen LogP contribution is 2.29. The van der Waals surface area contributed by atoms with Crippen molar-refractivity contribution in [2.45, 2.75) is 77.6 Å². The SMILES string of the molecule is CCNC(=O)Nc1cc(S(=O)(=O)N(CC(C)C)C[C@@H](O)[C@H](Cc2ccccc2)NC(=O)[C@H](C(C)C)N2CCN(Cc3csc(C)n3)C2=O)ccc1O. The maximum absolute atomic E-state index is 14.1. The van der Waals surface area contributed by atoms with Gasteiger partial charge < -0.3 is 36.0 Å². The van der Waals surface area contributed by atoms with Gasteiger partial charge >= 0.3 is 12.1 Å². The van der Waals surface area contributed by atoms with Gasteiger partial charge in [0.25, 0.3) is 0 Å². The number of nitrogens with one attached hydrogen (secondary N) is 3. The molecule has 1 aliphatic rings. The first-order valence-corrected chi connectivity index (χ1v) is 19.8. The van der Waals surface area contributed by atoms with Gasteiger partial charge in [0.05, 0.1) is 40.0 Å². The van der Waals surface area contributed by atoms with Gasteiger partial charge in [0, 0.05) is 38.1 Å². The number of aromatic hydroxyl groups is 1. The lowest BCUT2D eigenvalue weighted by atomic mass is 9.97. The Morgan fingerprint density at radius 2 is 1.77 bits per heavy atom. The van der Waals surface area contributed by atoms with Crippen LogP contribution in [0.3, 0.4) is 0 Å². The Morgan fingerprint density at radius 3 is 2.38 bits per heavy atom. The van der Waals surface area contributed by atoms with Crippen molar-refractivity contribution in [2.75, 3.05) is 38.0 Å². The maximum Gasteiger partial charge on any atom is 0.321 e. The summed E-state index contributed by atoms with van der Waals surface area (Å²) >= 11 is 1.51. The van der Waals surface area contributed by atoms with Crippen molar-refractivity contribution in [1.29, 1.82) is 0 Å². The summed E-state index contributed by atoms with van der Waals surface area (Å²) in [6, 6.07) is 10.2. The highest BCUT2D eigenvalue weighted by Gasteiger charge is 2.40. The van der Waals surface area contributed by atoms with Crippen LogP contribution in [0.5, 0.6) is 5.75 Å². The molecular weight excluding hydrogens is 707 g/mol. The fourth-order valence-corrected chi connectivity index (χ4v) is 8.42. The first kappa shape index (κ1) is 40.5. The van der Waals surface area contributed by atoms with Crippen molar-refractivity contribution in [3.63, 3.8) is 0 Å². The highest BCUT2D eigenvalue weighted by atomic mass is 32.2. The van der Waals surface area contributed by atoms with Crippen molar-refractivity contribution >= 4 is 45.0 Å². The summed E-state index contributed by atoms with van der Waals surface area (Å²) in [5.74, 6) is -1.18. The van der Waals surface area contributed by atoms with Crippen molar-refractivity contribution in [3.05, 3.63) is 70.2 Å². The quantitative estimate of drug-likeness (QED) is 0.128. The number of benzene rings is 2. The van der Waals surface area contributed by atoms with Crippen LogP contribution in [0.2, 0.25) is 0 Å². The van der Waals surface area contributed by atoms with E-state index in [1.165, 1.54) is 29.5 Å². The molecule has 1 aromatic heterocycles. The summed E-state index contributed by atoms with van der Waals surface area (Å²) < 4.78 is 29.4. The second-order valence-corrected chi connectivity index (χ2v) is 16.7. The normalized spacial score (nSPS) is 15.3. The zero-order valence-corrected chi connectivity index (χ0v) is 32.2. The van der Waals surface area contributed by atoms with Gasteiger partial charge in [-0.25, -0.2) is 23.0 Å². The number of nitrogens with zero attached hydrogens (tertiary/aromatic N) is 4. The van der Waals surface area contributed by atoms with E-state index in [1.54, 1.807) is 16.7 Å². The first-order chi connectivity index (χ1) is 24.6. The van der Waals surface area contributed by atoms with Gasteiger partial charge in [-0.05, 0) is 55.9 Å². The van der Waals surface area contributed by atoms with E-state index in [2.05, 4.69) is 20.9 Å². The summed E-state index contributed by atoms with van der Waals surface area (Å²) in [6.45, 7) is 12.1. The molecule has 0 aliphatic carbocycles. The van der Waals surface area contributed by atoms with E-state index in [9.17, 15) is 33.0 Å². The lowest BCUT2D eigenvalue weighted by Gasteiger charge is -2.34. The summed E-state index contributed by atoms with van der Waals surface area (Å²) in [5.41, 5.74) is 1.51. The minimum absolute atomic E-state index is 0.0383. The molecular formula is C36H51N7O7S2. The fourth-order valence-electron chi connectivity index (χ4n) is 6.17. The monoisotopic (exact) mass is 757 g/mol. The van der Waals surface area contributed by atoms with Crippen molar-refractivity contribution in [3.8, 4) is 5.75 Å². The predicted octanol–water partition coefficient (Wildman–Crippen LogP) is 4.00. The molecule has 3 atom stereocenters. The molecule has 0 bridgehead atoms. The number of urea groups is 2. The second kappa shape index (κ2) is 18.0. The molecule has 2 heterocycles. The number of aromatic nitrogens is 1. The zero-order valence-electron chi connectivity index (χ0n) is 30.6. The van der Waals surface area contributed by atoms with E-state index in [0.717, 1.165) is 20.6 Å². The van der Waals surface area contributed by atoms with Gasteiger partial charge in [0.2, 0.25) is 15.9 Å². The van der Waals surface area contributed by atoms with Crippen molar-refractivity contribution in [2.24, 2.45) is 11.8 Å². The third kappa shape index (κ3) is 10.4. The van der Waals surface area contributed by atoms with Gasteiger partial charge in [0.1, 0.15) is 11.8 Å². The smallest absolute Gasteiger partial charge is 0.321 e. The molecule has 1 saturated heterocycles. The number of phenolic OH excluding ortho intramolecular Hbond substituents is 1. The molecule has 4 rings (SSSR count). The Morgan fingerprint density at radius 1 is 1.06 bits per heavy atom. The average Bonchev–Trinajstić information content (AvgIpc) is 3.65. The number of hydrogen-bond acceptors (Lipinski definition) is 9. The molecule has 0 saturated carbocycles. The van der Waals surface area contributed by atoms with Crippen LogP contribution < -0.4 is 16.0 Å². The Balaban J connectivity index is 1.59. The molecule has 1 fully saturated rings. The fraction of sp³-hybridized carbons (Fsp3) is 0.500. The van der Waals surface area contributed by atoms with Gasteiger partial charge in [0.15, 0.2) is 0 Å². The van der Waals surface area contributed by atoms with Gasteiger partial charge in [-0.1, -0.05) is 58.0 Å². The van der Waals surface area contributed by atoms with E-state index in [0.29, 0.717) is 26.2 Å². The van der Waals surface area contributed by atoms with Gasteiger partial charge in [-0.15, -0.1) is 11.3 Å². The van der Waals surface area contributed by atoms with E-state index in [4.69, 9.17) is 0 Å². The number of aliphatic hydroxyl groups excluding tert-OH is 1. The summed E-state index contributed by atoms with van der Waals surface area (Å²) in [4.78, 5) is 47.4. The highest BCUT2D eigenvalue weighted by molar-refractivity contribution is 7.89. The molecule has 52 heavy (non-hydrogen) atoms. The number of thiazole rings is 1. The van der Waals surface area contributed by atoms with Crippen molar-refractivity contribution < 1.29 is 33.0 Å². The number of aryl methyl sites for hydroxylation is 1. The number of carbonyl (C=O) groups is 3. The molecule has 0 radical (unpaired) electrons. The first-order valence-electron chi connectivity index (χ1n) is 17.5. The number of anilines is 1. The summed E-state index contributed by atoms with van der Waals surface area (Å²) in [5, 5.41) is 33.0. The van der Waals surface area contributed by atoms with Crippen molar-refractivity contribution in [1.82, 2.24) is 29.7 Å². The van der Waals surface area contributed by atoms with E-state index in [-0.39, 0.29) is 53.7 Å². The molecule has 284 valence electrons. The molecule has 0 unspecified atom stereocenters. The molecule has 16 heteroatoms. The number of sulfonamides is 1. The zero-order chi connectivity index (χ0) is 38.2. The molecule has 5 N–H and O–H groups in total. The van der Waals surface area contributed by atoms with Crippen LogP contribution >= 0.6 is 11.3 Å². The largest absolute Gasteiger partial charge is 0.506 e. The Kier molecular flexibility index (Phi) is 14.0. The standard InChI is InChI=1S/C36H51N7O7S2/c1-7-37-35(47)40-30-18-28(13-14-31(30)44)52(49,50)42(19-23(2)3)21-32(45)29(17-26-11-9-8-10-12-26)39-34(46)33(24(4)5)43-16-15-41(36(43)48)20-27-22-51-25(6)38-27/h8-14,18,22-24,29,32-33,44-45H,7,15-17,19-21H2,1-6H3,(H,39,46)(H2,37,40,47)/t29-,32+,33-/m0/s1. The third-order valence-corrected chi connectivity index (χ3v) is 11.3. The van der Waals surface area contributed by atoms with E-state index in [1.807, 2.05) is 70.3 Å².